The van der Waals surface area contributed by atoms with Crippen LogP contribution in [0.1, 0.15) is 29.3 Å². The molecule has 0 saturated carbocycles. The molecule has 0 aromatic heterocycles. The molecule has 2 nitrogen and oxygen atoms in total. The fourth-order valence-electron chi connectivity index (χ4n) is 1.10. The van der Waals surface area contributed by atoms with Crippen molar-refractivity contribution in [2.75, 3.05) is 5.73 Å². The first kappa shape index (κ1) is 10.9. The van der Waals surface area contributed by atoms with Crippen LogP contribution in [0, 0.1) is 0 Å². The van der Waals surface area contributed by atoms with E-state index in [-0.39, 0.29) is 22.1 Å². The summed E-state index contributed by atoms with van der Waals surface area (Å²) in [6.45, 7) is 1.26. The zero-order valence-corrected chi connectivity index (χ0v) is 8.11. The average Bonchev–Trinajstić information content (AvgIpc) is 2.02. The number of carbonyl (C=O) groups is 1. The lowest BCUT2D eigenvalue weighted by molar-refractivity contribution is 0.101. The first-order valence-electron chi connectivity index (χ1n) is 3.82. The molecule has 0 saturated heterocycles. The number of nitrogens with two attached hydrogens (primary N) is 1. The molecular formula is C9H8ClF2NO. The Kier molecular flexibility index (Phi) is 3.06. The molecule has 0 atom stereocenters. The molecule has 2 N–H and O–H groups in total. The van der Waals surface area contributed by atoms with Crippen LogP contribution in [-0.4, -0.2) is 5.78 Å². The largest absolute Gasteiger partial charge is 0.398 e. The van der Waals surface area contributed by atoms with Crippen LogP contribution in [-0.2, 0) is 0 Å². The predicted octanol–water partition coefficient (Wildman–Crippen LogP) is 3.06. The first-order valence-corrected chi connectivity index (χ1v) is 4.20. The summed E-state index contributed by atoms with van der Waals surface area (Å²) in [4.78, 5) is 11.0. The number of carbonyl (C=O) groups excluding carboxylic acids is 1. The van der Waals surface area contributed by atoms with Crippen molar-refractivity contribution in [2.45, 2.75) is 13.3 Å². The zero-order chi connectivity index (χ0) is 10.9. The van der Waals surface area contributed by atoms with Crippen LogP contribution < -0.4 is 5.73 Å². The molecule has 0 aliphatic carbocycles. The monoisotopic (exact) mass is 219 g/mol. The Hall–Kier alpha value is -1.16. The van der Waals surface area contributed by atoms with Crippen LogP contribution >= 0.6 is 11.6 Å². The van der Waals surface area contributed by atoms with Gasteiger partial charge in [0.2, 0.25) is 0 Å². The molecule has 0 spiro atoms. The Labute approximate surface area is 84.7 Å². The highest BCUT2D eigenvalue weighted by molar-refractivity contribution is 6.35. The second-order valence-corrected chi connectivity index (χ2v) is 3.16. The van der Waals surface area contributed by atoms with Crippen molar-refractivity contribution in [1.29, 1.82) is 0 Å². The molecule has 0 heterocycles. The van der Waals surface area contributed by atoms with Gasteiger partial charge in [0.15, 0.2) is 5.78 Å². The Morgan fingerprint density at radius 1 is 1.50 bits per heavy atom. The minimum Gasteiger partial charge on any atom is -0.398 e. The fourth-order valence-corrected chi connectivity index (χ4v) is 1.49. The number of Topliss-reactive ketones (excluding diaryl/α,β-unsaturated/α-hetero) is 1. The highest BCUT2D eigenvalue weighted by Crippen LogP contribution is 2.34. The summed E-state index contributed by atoms with van der Waals surface area (Å²) in [6.07, 6.45) is -2.78. The standard InChI is InChI=1S/C9H8ClF2NO/c1-4(14)5-2-3-6(13)7(8(5)10)9(11)12/h2-3,9H,13H2,1H3. The normalized spacial score (nSPS) is 10.6. The van der Waals surface area contributed by atoms with Gasteiger partial charge in [-0.25, -0.2) is 8.78 Å². The predicted molar refractivity (Wildman–Crippen MR) is 50.8 cm³/mol. The zero-order valence-electron chi connectivity index (χ0n) is 7.35. The lowest BCUT2D eigenvalue weighted by Gasteiger charge is -2.09. The van der Waals surface area contributed by atoms with Crippen LogP contribution in [0.25, 0.3) is 0 Å². The number of hydrogen-bond acceptors (Lipinski definition) is 2. The minimum atomic E-state index is -2.78. The summed E-state index contributed by atoms with van der Waals surface area (Å²) in [5.41, 5.74) is 4.81. The third-order valence-electron chi connectivity index (χ3n) is 1.81. The maximum Gasteiger partial charge on any atom is 0.267 e. The summed E-state index contributed by atoms with van der Waals surface area (Å²) in [5.74, 6) is -0.364. The number of rotatable bonds is 2. The average molecular weight is 220 g/mol. The van der Waals surface area contributed by atoms with E-state index >= 15 is 0 Å². The van der Waals surface area contributed by atoms with Crippen molar-refractivity contribution < 1.29 is 13.6 Å². The number of benzene rings is 1. The van der Waals surface area contributed by atoms with Gasteiger partial charge in [0.1, 0.15) is 0 Å². The number of hydrogen-bond donors (Lipinski definition) is 1. The maximum atomic E-state index is 12.5. The molecule has 1 rings (SSSR count). The van der Waals surface area contributed by atoms with Gasteiger partial charge in [-0.1, -0.05) is 11.6 Å². The second kappa shape index (κ2) is 3.92. The third-order valence-corrected chi connectivity index (χ3v) is 2.22. The highest BCUT2D eigenvalue weighted by atomic mass is 35.5. The molecular weight excluding hydrogens is 212 g/mol. The van der Waals surface area contributed by atoms with E-state index in [1.807, 2.05) is 0 Å². The third kappa shape index (κ3) is 1.85. The molecule has 1 aromatic rings. The molecule has 76 valence electrons. The van der Waals surface area contributed by atoms with E-state index in [1.165, 1.54) is 19.1 Å². The molecule has 0 fully saturated rings. The number of anilines is 1. The first-order chi connectivity index (χ1) is 6.45. The van der Waals surface area contributed by atoms with Gasteiger partial charge in [0.05, 0.1) is 10.6 Å². The molecule has 0 radical (unpaired) electrons. The van der Waals surface area contributed by atoms with Crippen molar-refractivity contribution in [2.24, 2.45) is 0 Å². The molecule has 0 aliphatic heterocycles. The van der Waals surface area contributed by atoms with E-state index in [0.29, 0.717) is 0 Å². The van der Waals surface area contributed by atoms with Gasteiger partial charge in [0.25, 0.3) is 6.43 Å². The summed E-state index contributed by atoms with van der Waals surface area (Å²) < 4.78 is 24.9. The Balaban J connectivity index is 3.41. The van der Waals surface area contributed by atoms with Crippen LogP contribution in [0.15, 0.2) is 12.1 Å². The summed E-state index contributed by atoms with van der Waals surface area (Å²) in [6, 6.07) is 2.59. The molecule has 1 aromatic carbocycles. The number of nitrogen functional groups attached to an aromatic ring is 1. The number of halogens is 3. The van der Waals surface area contributed by atoms with Crippen molar-refractivity contribution in [3.8, 4) is 0 Å². The molecule has 14 heavy (non-hydrogen) atoms. The summed E-state index contributed by atoms with van der Waals surface area (Å²) in [5, 5.41) is -0.257. The Morgan fingerprint density at radius 2 is 2.07 bits per heavy atom. The van der Waals surface area contributed by atoms with Crippen LogP contribution in [0.3, 0.4) is 0 Å². The number of ketones is 1. The van der Waals surface area contributed by atoms with Crippen LogP contribution in [0.2, 0.25) is 5.02 Å². The van der Waals surface area contributed by atoms with Crippen molar-refractivity contribution in [3.63, 3.8) is 0 Å². The molecule has 0 amide bonds. The van der Waals surface area contributed by atoms with Gasteiger partial charge in [-0.15, -0.1) is 0 Å². The van der Waals surface area contributed by atoms with E-state index in [1.54, 1.807) is 0 Å². The quantitative estimate of drug-likeness (QED) is 0.614. The van der Waals surface area contributed by atoms with Crippen molar-refractivity contribution >= 4 is 23.1 Å². The van der Waals surface area contributed by atoms with E-state index in [0.717, 1.165) is 0 Å². The summed E-state index contributed by atoms with van der Waals surface area (Å²) in [7, 11) is 0. The maximum absolute atomic E-state index is 12.5. The second-order valence-electron chi connectivity index (χ2n) is 2.79. The van der Waals surface area contributed by atoms with E-state index in [4.69, 9.17) is 17.3 Å². The molecule has 5 heteroatoms. The topological polar surface area (TPSA) is 43.1 Å². The lowest BCUT2D eigenvalue weighted by Crippen LogP contribution is -2.01. The smallest absolute Gasteiger partial charge is 0.267 e. The van der Waals surface area contributed by atoms with E-state index in [9.17, 15) is 13.6 Å². The molecule has 0 bridgehead atoms. The van der Waals surface area contributed by atoms with Gasteiger partial charge in [-0.3, -0.25) is 4.79 Å². The number of alkyl halides is 2. The van der Waals surface area contributed by atoms with Gasteiger partial charge >= 0.3 is 0 Å². The van der Waals surface area contributed by atoms with E-state index < -0.39 is 12.0 Å². The summed E-state index contributed by atoms with van der Waals surface area (Å²) >= 11 is 5.62. The Bertz CT molecular complexity index is 379. The van der Waals surface area contributed by atoms with Gasteiger partial charge in [-0.2, -0.15) is 0 Å². The minimum absolute atomic E-state index is 0.0659. The Morgan fingerprint density at radius 3 is 2.50 bits per heavy atom. The lowest BCUT2D eigenvalue weighted by atomic mass is 10.1. The van der Waals surface area contributed by atoms with Crippen molar-refractivity contribution in [1.82, 2.24) is 0 Å². The molecule has 0 aliphatic rings. The van der Waals surface area contributed by atoms with Gasteiger partial charge in [-0.05, 0) is 19.1 Å². The van der Waals surface area contributed by atoms with Crippen molar-refractivity contribution in [3.05, 3.63) is 28.3 Å². The highest BCUT2D eigenvalue weighted by Gasteiger charge is 2.19. The van der Waals surface area contributed by atoms with Gasteiger partial charge < -0.3 is 5.73 Å². The fraction of sp³-hybridized carbons (Fsp3) is 0.222. The van der Waals surface area contributed by atoms with Crippen LogP contribution in [0.4, 0.5) is 14.5 Å². The van der Waals surface area contributed by atoms with Gasteiger partial charge in [0, 0.05) is 11.3 Å². The SMILES string of the molecule is CC(=O)c1ccc(N)c(C(F)F)c1Cl. The van der Waals surface area contributed by atoms with Crippen LogP contribution in [0.5, 0.6) is 0 Å². The molecule has 0 unspecified atom stereocenters. The van der Waals surface area contributed by atoms with E-state index in [2.05, 4.69) is 0 Å².